The number of benzene rings is 2. The molecule has 2 aromatic carbocycles. The van der Waals surface area contributed by atoms with Crippen molar-refractivity contribution in [3.63, 3.8) is 0 Å². The number of sulfone groups is 1. The van der Waals surface area contributed by atoms with Crippen LogP contribution in [0.15, 0.2) is 41.3 Å². The lowest BCUT2D eigenvalue weighted by Crippen LogP contribution is -2.15. The van der Waals surface area contributed by atoms with Gasteiger partial charge < -0.3 is 5.32 Å². The van der Waals surface area contributed by atoms with Gasteiger partial charge in [0.25, 0.3) is 0 Å². The first-order chi connectivity index (χ1) is 11.3. The van der Waals surface area contributed by atoms with Gasteiger partial charge >= 0.3 is 0 Å². The number of halogens is 1. The number of aromatic amines is 1. The Labute approximate surface area is 142 Å². The zero-order valence-electron chi connectivity index (χ0n) is 12.6. The van der Waals surface area contributed by atoms with E-state index >= 15 is 0 Å². The van der Waals surface area contributed by atoms with Crippen LogP contribution in [0.5, 0.6) is 0 Å². The Morgan fingerprint density at radius 3 is 2.75 bits per heavy atom. The Kier molecular flexibility index (Phi) is 4.25. The molecular weight excluding hydrogens is 352 g/mol. The van der Waals surface area contributed by atoms with Gasteiger partial charge in [-0.2, -0.15) is 0 Å². The number of amides is 1. The topological polar surface area (TPSA) is 105 Å². The molecule has 24 heavy (non-hydrogen) atoms. The lowest BCUT2D eigenvalue weighted by Gasteiger charge is -2.08. The highest BCUT2D eigenvalue weighted by Crippen LogP contribution is 2.25. The van der Waals surface area contributed by atoms with Gasteiger partial charge in [0.2, 0.25) is 5.91 Å². The SMILES string of the molecule is CS(=O)(=O)c1cc(NC(=O)Cc2ccccc2Cl)cc2[nH]nnc12. The Balaban J connectivity index is 1.90. The van der Waals surface area contributed by atoms with Crippen LogP contribution >= 0.6 is 11.6 Å². The molecule has 0 aliphatic carbocycles. The van der Waals surface area contributed by atoms with Gasteiger partial charge in [-0.05, 0) is 23.8 Å². The molecule has 0 radical (unpaired) electrons. The Morgan fingerprint density at radius 2 is 2.04 bits per heavy atom. The summed E-state index contributed by atoms with van der Waals surface area (Å²) in [4.78, 5) is 12.2. The Hall–Kier alpha value is -2.45. The predicted octanol–water partition coefficient (Wildman–Crippen LogP) is 2.20. The number of aromatic nitrogens is 3. The number of hydrogen-bond acceptors (Lipinski definition) is 5. The maximum atomic E-state index is 12.2. The van der Waals surface area contributed by atoms with Crippen LogP contribution in [-0.2, 0) is 21.1 Å². The average Bonchev–Trinajstić information content (AvgIpc) is 2.96. The number of nitrogens with one attached hydrogen (secondary N) is 2. The molecule has 3 rings (SSSR count). The van der Waals surface area contributed by atoms with E-state index < -0.39 is 9.84 Å². The van der Waals surface area contributed by atoms with Crippen molar-refractivity contribution in [3.8, 4) is 0 Å². The highest BCUT2D eigenvalue weighted by Gasteiger charge is 2.17. The molecule has 0 fully saturated rings. The van der Waals surface area contributed by atoms with Gasteiger partial charge in [-0.1, -0.05) is 35.0 Å². The number of hydrogen-bond donors (Lipinski definition) is 2. The van der Waals surface area contributed by atoms with Gasteiger partial charge in [0.15, 0.2) is 9.84 Å². The smallest absolute Gasteiger partial charge is 0.228 e. The van der Waals surface area contributed by atoms with Crippen molar-refractivity contribution in [2.45, 2.75) is 11.3 Å². The summed E-state index contributed by atoms with van der Waals surface area (Å²) in [5.41, 5.74) is 1.68. The molecule has 9 heteroatoms. The lowest BCUT2D eigenvalue weighted by atomic mass is 10.1. The first kappa shape index (κ1) is 16.4. The van der Waals surface area contributed by atoms with Crippen molar-refractivity contribution in [2.75, 3.05) is 11.6 Å². The summed E-state index contributed by atoms with van der Waals surface area (Å²) in [6.07, 6.45) is 1.15. The molecular formula is C15H13ClN4O3S. The minimum atomic E-state index is -3.52. The van der Waals surface area contributed by atoms with Crippen molar-refractivity contribution in [1.82, 2.24) is 15.4 Å². The second-order valence-electron chi connectivity index (χ2n) is 5.27. The highest BCUT2D eigenvalue weighted by atomic mass is 35.5. The molecule has 0 aliphatic heterocycles. The molecule has 2 N–H and O–H groups in total. The van der Waals surface area contributed by atoms with Crippen LogP contribution in [0, 0.1) is 0 Å². The van der Waals surface area contributed by atoms with Gasteiger partial charge in [0, 0.05) is 17.0 Å². The zero-order valence-corrected chi connectivity index (χ0v) is 14.1. The molecule has 0 aliphatic rings. The highest BCUT2D eigenvalue weighted by molar-refractivity contribution is 7.91. The van der Waals surface area contributed by atoms with Crippen LogP contribution < -0.4 is 5.32 Å². The third-order valence-corrected chi connectivity index (χ3v) is 4.87. The third kappa shape index (κ3) is 3.39. The van der Waals surface area contributed by atoms with Crippen LogP contribution in [-0.4, -0.2) is 36.0 Å². The molecule has 0 saturated carbocycles. The van der Waals surface area contributed by atoms with Gasteiger partial charge in [-0.3, -0.25) is 9.89 Å². The number of H-pyrrole nitrogens is 1. The van der Waals surface area contributed by atoms with Crippen LogP contribution in [0.25, 0.3) is 11.0 Å². The maximum Gasteiger partial charge on any atom is 0.228 e. The van der Waals surface area contributed by atoms with E-state index in [2.05, 4.69) is 20.7 Å². The summed E-state index contributed by atoms with van der Waals surface area (Å²) < 4.78 is 23.8. The summed E-state index contributed by atoms with van der Waals surface area (Å²) in [5.74, 6) is -0.311. The van der Waals surface area contributed by atoms with Gasteiger partial charge in [0.1, 0.15) is 5.52 Å². The van der Waals surface area contributed by atoms with E-state index in [0.29, 0.717) is 21.8 Å². The van der Waals surface area contributed by atoms with Crippen LogP contribution in [0.3, 0.4) is 0 Å². The van der Waals surface area contributed by atoms with Gasteiger partial charge in [-0.25, -0.2) is 8.42 Å². The fourth-order valence-corrected chi connectivity index (χ4v) is 3.35. The Bertz CT molecular complexity index is 1030. The summed E-state index contributed by atoms with van der Waals surface area (Å²) in [6.45, 7) is 0. The van der Waals surface area contributed by atoms with E-state index in [1.54, 1.807) is 30.3 Å². The number of fused-ring (bicyclic) bond motifs is 1. The van der Waals surface area contributed by atoms with Crippen molar-refractivity contribution in [3.05, 3.63) is 47.0 Å². The minimum Gasteiger partial charge on any atom is -0.326 e. The summed E-state index contributed by atoms with van der Waals surface area (Å²) in [6, 6.07) is 9.97. The van der Waals surface area contributed by atoms with E-state index in [9.17, 15) is 13.2 Å². The molecule has 0 bridgehead atoms. The quantitative estimate of drug-likeness (QED) is 0.738. The van der Waals surface area contributed by atoms with Crippen molar-refractivity contribution >= 4 is 44.1 Å². The van der Waals surface area contributed by atoms with Crippen LogP contribution in [0.1, 0.15) is 5.56 Å². The molecule has 0 atom stereocenters. The fraction of sp³-hybridized carbons (Fsp3) is 0.133. The largest absolute Gasteiger partial charge is 0.326 e. The molecule has 1 amide bonds. The van der Waals surface area contributed by atoms with Crippen LogP contribution in [0.2, 0.25) is 5.02 Å². The average molecular weight is 365 g/mol. The van der Waals surface area contributed by atoms with Gasteiger partial charge in [0.05, 0.1) is 16.8 Å². The molecule has 7 nitrogen and oxygen atoms in total. The van der Waals surface area contributed by atoms with Crippen molar-refractivity contribution in [1.29, 1.82) is 0 Å². The summed E-state index contributed by atoms with van der Waals surface area (Å²) >= 11 is 6.04. The second kappa shape index (κ2) is 6.21. The summed E-state index contributed by atoms with van der Waals surface area (Å²) in [5, 5.41) is 13.2. The predicted molar refractivity (Wildman–Crippen MR) is 90.8 cm³/mol. The minimum absolute atomic E-state index is 0.00166. The molecule has 124 valence electrons. The normalized spacial score (nSPS) is 11.6. The Morgan fingerprint density at radius 1 is 1.29 bits per heavy atom. The number of nitrogens with zero attached hydrogens (tertiary/aromatic N) is 2. The molecule has 1 heterocycles. The van der Waals surface area contributed by atoms with E-state index in [1.165, 1.54) is 6.07 Å². The lowest BCUT2D eigenvalue weighted by molar-refractivity contribution is -0.115. The van der Waals surface area contributed by atoms with E-state index in [0.717, 1.165) is 6.26 Å². The zero-order chi connectivity index (χ0) is 17.3. The van der Waals surface area contributed by atoms with Crippen molar-refractivity contribution < 1.29 is 13.2 Å². The molecule has 3 aromatic rings. The van der Waals surface area contributed by atoms with E-state index in [-0.39, 0.29) is 22.7 Å². The number of carbonyl (C=O) groups excluding carboxylic acids is 1. The fourth-order valence-electron chi connectivity index (χ4n) is 2.30. The number of rotatable bonds is 4. The molecule has 1 aromatic heterocycles. The maximum absolute atomic E-state index is 12.2. The van der Waals surface area contributed by atoms with Crippen LogP contribution in [0.4, 0.5) is 5.69 Å². The number of carbonyl (C=O) groups is 1. The third-order valence-electron chi connectivity index (χ3n) is 3.39. The molecule has 0 spiro atoms. The standard InChI is InChI=1S/C15H13ClN4O3S/c1-24(22,23)13-8-10(7-12-15(13)19-20-18-12)17-14(21)6-9-4-2-3-5-11(9)16/h2-5,7-8H,6H2,1H3,(H,17,21)(H,18,19,20). The molecule has 0 unspecified atom stereocenters. The number of anilines is 1. The second-order valence-corrected chi connectivity index (χ2v) is 7.66. The first-order valence-corrected chi connectivity index (χ1v) is 9.19. The molecule has 0 saturated heterocycles. The van der Waals surface area contributed by atoms with Crippen molar-refractivity contribution in [2.24, 2.45) is 0 Å². The van der Waals surface area contributed by atoms with E-state index in [1.807, 2.05) is 0 Å². The summed E-state index contributed by atoms with van der Waals surface area (Å²) in [7, 11) is -3.52. The first-order valence-electron chi connectivity index (χ1n) is 6.93. The van der Waals surface area contributed by atoms with E-state index in [4.69, 9.17) is 11.6 Å². The monoisotopic (exact) mass is 364 g/mol. The van der Waals surface area contributed by atoms with Gasteiger partial charge in [-0.15, -0.1) is 5.10 Å².